The van der Waals surface area contributed by atoms with Crippen molar-refractivity contribution in [2.75, 3.05) is 5.32 Å². The van der Waals surface area contributed by atoms with Crippen molar-refractivity contribution in [1.29, 1.82) is 0 Å². The Labute approximate surface area is 193 Å². The van der Waals surface area contributed by atoms with E-state index in [0.717, 1.165) is 5.56 Å². The first-order chi connectivity index (χ1) is 13.1. The van der Waals surface area contributed by atoms with Crippen molar-refractivity contribution in [3.63, 3.8) is 0 Å². The van der Waals surface area contributed by atoms with Crippen molar-refractivity contribution in [3.05, 3.63) is 70.2 Å². The summed E-state index contributed by atoms with van der Waals surface area (Å²) < 4.78 is -1.87. The van der Waals surface area contributed by atoms with Gasteiger partial charge in [-0.1, -0.05) is 88.3 Å². The first-order valence-electron chi connectivity index (χ1n) is 7.78. The second kappa shape index (κ2) is 10.5. The smallest absolute Gasteiger partial charge is 0.245 e. The van der Waals surface area contributed by atoms with Crippen LogP contribution < -0.4 is 16.0 Å². The minimum absolute atomic E-state index is 0.0767. The molecule has 0 aromatic heterocycles. The van der Waals surface area contributed by atoms with Crippen LogP contribution in [0.1, 0.15) is 5.56 Å². The van der Waals surface area contributed by atoms with E-state index in [2.05, 4.69) is 16.0 Å². The molecule has 148 valence electrons. The van der Waals surface area contributed by atoms with Gasteiger partial charge in [-0.25, -0.2) is 0 Å². The van der Waals surface area contributed by atoms with Crippen LogP contribution in [0.2, 0.25) is 10.0 Å². The number of amides is 1. The Balaban J connectivity index is 2.03. The molecular formula is C18H14Cl5N3OS. The molecule has 4 nitrogen and oxygen atoms in total. The second-order valence-corrected chi connectivity index (χ2v) is 9.07. The van der Waals surface area contributed by atoms with Gasteiger partial charge in [0.1, 0.15) is 6.17 Å². The summed E-state index contributed by atoms with van der Waals surface area (Å²) in [6, 6.07) is 14.1. The fraction of sp³-hybridized carbons (Fsp3) is 0.111. The van der Waals surface area contributed by atoms with E-state index in [1.165, 1.54) is 6.08 Å². The van der Waals surface area contributed by atoms with Gasteiger partial charge >= 0.3 is 0 Å². The number of nitrogens with one attached hydrogen (secondary N) is 3. The van der Waals surface area contributed by atoms with E-state index in [4.69, 9.17) is 70.2 Å². The van der Waals surface area contributed by atoms with Crippen molar-refractivity contribution in [1.82, 2.24) is 10.6 Å². The van der Waals surface area contributed by atoms with E-state index in [0.29, 0.717) is 15.7 Å². The van der Waals surface area contributed by atoms with Gasteiger partial charge in [0.25, 0.3) is 0 Å². The largest absolute Gasteiger partial charge is 0.339 e. The molecule has 2 rings (SSSR count). The minimum atomic E-state index is -1.87. The van der Waals surface area contributed by atoms with Crippen LogP contribution >= 0.6 is 70.2 Å². The summed E-state index contributed by atoms with van der Waals surface area (Å²) >= 11 is 35.1. The molecule has 0 aliphatic heterocycles. The lowest BCUT2D eigenvalue weighted by Gasteiger charge is -2.27. The Hall–Kier alpha value is -1.21. The molecule has 0 aliphatic rings. The van der Waals surface area contributed by atoms with Gasteiger partial charge in [-0.3, -0.25) is 4.79 Å². The third-order valence-corrected chi connectivity index (χ3v) is 4.73. The number of hydrogen-bond donors (Lipinski definition) is 3. The number of carbonyl (C=O) groups is 1. The quantitative estimate of drug-likeness (QED) is 0.211. The molecule has 1 amide bonds. The number of benzene rings is 2. The zero-order valence-electron chi connectivity index (χ0n) is 14.1. The van der Waals surface area contributed by atoms with E-state index < -0.39 is 15.9 Å². The SMILES string of the molecule is O=C(/C=C\c1ccccc1)N[C@H](NC(=S)Nc1cc(Cl)ccc1Cl)C(Cl)(Cl)Cl. The highest BCUT2D eigenvalue weighted by Gasteiger charge is 2.34. The maximum Gasteiger partial charge on any atom is 0.245 e. The van der Waals surface area contributed by atoms with Gasteiger partial charge < -0.3 is 16.0 Å². The molecule has 0 aliphatic carbocycles. The number of halogens is 5. The summed E-state index contributed by atoms with van der Waals surface area (Å²) in [6.07, 6.45) is 1.85. The molecule has 0 saturated carbocycles. The topological polar surface area (TPSA) is 53.2 Å². The zero-order chi connectivity index (χ0) is 20.7. The van der Waals surface area contributed by atoms with Gasteiger partial charge in [0.05, 0.1) is 10.7 Å². The summed E-state index contributed by atoms with van der Waals surface area (Å²) in [6.45, 7) is 0. The first kappa shape index (κ1) is 23.1. The van der Waals surface area contributed by atoms with Gasteiger partial charge in [0.15, 0.2) is 5.11 Å². The van der Waals surface area contributed by atoms with Crippen molar-refractivity contribution >= 4 is 93.0 Å². The molecule has 1 atom stereocenters. The second-order valence-electron chi connectivity index (χ2n) is 5.45. The third-order valence-electron chi connectivity index (χ3n) is 3.29. The van der Waals surface area contributed by atoms with Crippen molar-refractivity contribution in [2.24, 2.45) is 0 Å². The van der Waals surface area contributed by atoms with Crippen LogP contribution in [0, 0.1) is 0 Å². The van der Waals surface area contributed by atoms with Crippen LogP contribution in [0.4, 0.5) is 5.69 Å². The molecule has 2 aromatic rings. The van der Waals surface area contributed by atoms with Crippen molar-refractivity contribution in [3.8, 4) is 0 Å². The summed E-state index contributed by atoms with van der Waals surface area (Å²) in [5.74, 6) is -0.476. The number of carbonyl (C=O) groups excluding carboxylic acids is 1. The normalized spacial score (nSPS) is 12.5. The van der Waals surface area contributed by atoms with E-state index in [-0.39, 0.29) is 5.11 Å². The monoisotopic (exact) mass is 495 g/mol. The summed E-state index contributed by atoms with van der Waals surface area (Å²) in [4.78, 5) is 12.2. The fourth-order valence-electron chi connectivity index (χ4n) is 2.01. The number of rotatable bonds is 5. The van der Waals surface area contributed by atoms with E-state index >= 15 is 0 Å². The Bertz CT molecular complexity index is 871. The number of hydrogen-bond acceptors (Lipinski definition) is 2. The van der Waals surface area contributed by atoms with Crippen LogP contribution in [-0.4, -0.2) is 21.0 Å². The van der Waals surface area contributed by atoms with Gasteiger partial charge in [0, 0.05) is 11.1 Å². The fourth-order valence-corrected chi connectivity index (χ4v) is 2.90. The molecule has 28 heavy (non-hydrogen) atoms. The van der Waals surface area contributed by atoms with E-state index in [1.54, 1.807) is 24.3 Å². The van der Waals surface area contributed by atoms with Gasteiger partial charge in [-0.2, -0.15) is 0 Å². The predicted molar refractivity (Wildman–Crippen MR) is 124 cm³/mol. The molecular weight excluding hydrogens is 484 g/mol. The molecule has 0 bridgehead atoms. The lowest BCUT2D eigenvalue weighted by Crippen LogP contribution is -2.55. The summed E-state index contributed by atoms with van der Waals surface area (Å²) in [7, 11) is 0. The van der Waals surface area contributed by atoms with E-state index in [9.17, 15) is 4.79 Å². The molecule has 0 fully saturated rings. The molecule has 0 saturated heterocycles. The Kier molecular flexibility index (Phi) is 8.68. The van der Waals surface area contributed by atoms with Crippen molar-refractivity contribution < 1.29 is 4.79 Å². The highest BCUT2D eigenvalue weighted by atomic mass is 35.6. The van der Waals surface area contributed by atoms with Crippen LogP contribution in [-0.2, 0) is 4.79 Å². The van der Waals surface area contributed by atoms with E-state index in [1.807, 2.05) is 30.3 Å². The van der Waals surface area contributed by atoms with Crippen LogP contribution in [0.3, 0.4) is 0 Å². The van der Waals surface area contributed by atoms with Crippen molar-refractivity contribution in [2.45, 2.75) is 9.96 Å². The zero-order valence-corrected chi connectivity index (χ0v) is 18.7. The highest BCUT2D eigenvalue weighted by molar-refractivity contribution is 7.80. The number of alkyl halides is 3. The lowest BCUT2D eigenvalue weighted by atomic mass is 10.2. The average Bonchev–Trinajstić information content (AvgIpc) is 2.62. The molecule has 10 heteroatoms. The Morgan fingerprint density at radius 1 is 1.04 bits per heavy atom. The van der Waals surface area contributed by atoms with Crippen LogP contribution in [0.15, 0.2) is 54.6 Å². The molecule has 0 unspecified atom stereocenters. The minimum Gasteiger partial charge on any atom is -0.339 e. The average molecular weight is 498 g/mol. The Morgan fingerprint density at radius 3 is 2.36 bits per heavy atom. The van der Waals surface area contributed by atoms with Gasteiger partial charge in [-0.15, -0.1) is 0 Å². The van der Waals surface area contributed by atoms with Gasteiger partial charge in [0.2, 0.25) is 9.70 Å². The lowest BCUT2D eigenvalue weighted by molar-refractivity contribution is -0.117. The third kappa shape index (κ3) is 7.66. The Morgan fingerprint density at radius 2 is 1.71 bits per heavy atom. The maximum absolute atomic E-state index is 12.2. The molecule has 0 heterocycles. The molecule has 3 N–H and O–H groups in total. The number of anilines is 1. The number of thiocarbonyl (C=S) groups is 1. The molecule has 2 aromatic carbocycles. The van der Waals surface area contributed by atoms with Gasteiger partial charge in [-0.05, 0) is 42.1 Å². The van der Waals surface area contributed by atoms with Crippen LogP contribution in [0.5, 0.6) is 0 Å². The standard InChI is InChI=1S/C18H14Cl5N3OS/c19-12-7-8-13(20)14(10-12)24-17(28)26-16(18(21,22)23)25-15(27)9-6-11-4-2-1-3-5-11/h1-10,16H,(H,25,27)(H2,24,26,28)/b9-6-/t16-/m1/s1. The first-order valence-corrected chi connectivity index (χ1v) is 10.1. The summed E-state index contributed by atoms with van der Waals surface area (Å²) in [5, 5.41) is 9.07. The summed E-state index contributed by atoms with van der Waals surface area (Å²) in [5.41, 5.74) is 1.31. The maximum atomic E-state index is 12.2. The predicted octanol–water partition coefficient (Wildman–Crippen LogP) is 5.81. The molecule has 0 radical (unpaired) electrons. The highest BCUT2D eigenvalue weighted by Crippen LogP contribution is 2.30. The molecule has 0 spiro atoms. The van der Waals surface area contributed by atoms with Crippen LogP contribution in [0.25, 0.3) is 6.08 Å².